The van der Waals surface area contributed by atoms with Gasteiger partial charge >= 0.3 is 0 Å². The zero-order valence-electron chi connectivity index (χ0n) is 12.9. The number of ether oxygens (including phenoxy) is 1. The van der Waals surface area contributed by atoms with Gasteiger partial charge in [0.15, 0.2) is 0 Å². The van der Waals surface area contributed by atoms with Gasteiger partial charge in [0.05, 0.1) is 5.92 Å². The molecule has 1 aromatic rings. The van der Waals surface area contributed by atoms with Gasteiger partial charge in [0.1, 0.15) is 11.9 Å². The summed E-state index contributed by atoms with van der Waals surface area (Å²) in [6.45, 7) is 7.50. The molecule has 21 heavy (non-hydrogen) atoms. The topological polar surface area (TPSA) is 41.6 Å². The van der Waals surface area contributed by atoms with Crippen LogP contribution in [0.3, 0.4) is 0 Å². The van der Waals surface area contributed by atoms with E-state index in [1.807, 2.05) is 4.90 Å². The van der Waals surface area contributed by atoms with Gasteiger partial charge in [0, 0.05) is 39.0 Å². The first-order chi connectivity index (χ1) is 10.1. The average molecular weight is 288 g/mol. The number of hydrogen-bond donors (Lipinski definition) is 1. The molecular weight excluding hydrogens is 264 g/mol. The van der Waals surface area contributed by atoms with Crippen molar-refractivity contribution in [3.8, 4) is 5.75 Å². The fourth-order valence-corrected chi connectivity index (χ4v) is 2.93. The molecule has 2 aliphatic rings. The molecule has 0 unspecified atom stereocenters. The third-order valence-corrected chi connectivity index (χ3v) is 4.52. The maximum Gasteiger partial charge on any atom is 0.228 e. The number of carbonyl (C=O) groups excluding carboxylic acids is 1. The van der Waals surface area contributed by atoms with Crippen LogP contribution in [0, 0.1) is 19.8 Å². The Hall–Kier alpha value is -1.55. The van der Waals surface area contributed by atoms with E-state index in [0.717, 1.165) is 44.8 Å². The van der Waals surface area contributed by atoms with Crippen LogP contribution in [0.5, 0.6) is 5.75 Å². The van der Waals surface area contributed by atoms with Crippen LogP contribution in [0.15, 0.2) is 18.2 Å². The van der Waals surface area contributed by atoms with Gasteiger partial charge in [-0.05, 0) is 31.0 Å². The molecule has 4 heteroatoms. The predicted octanol–water partition coefficient (Wildman–Crippen LogP) is 1.89. The van der Waals surface area contributed by atoms with E-state index in [0.29, 0.717) is 5.91 Å². The van der Waals surface area contributed by atoms with Crippen molar-refractivity contribution in [2.45, 2.75) is 32.8 Å². The van der Waals surface area contributed by atoms with Gasteiger partial charge in [-0.15, -0.1) is 0 Å². The minimum atomic E-state index is 0.210. The lowest BCUT2D eigenvalue weighted by Crippen LogP contribution is -2.54. The van der Waals surface area contributed by atoms with Crippen molar-refractivity contribution < 1.29 is 9.53 Å². The number of carbonyl (C=O) groups is 1. The Morgan fingerprint density at radius 2 is 1.95 bits per heavy atom. The van der Waals surface area contributed by atoms with Crippen molar-refractivity contribution in [2.75, 3.05) is 26.2 Å². The highest BCUT2D eigenvalue weighted by atomic mass is 16.5. The Bertz CT molecular complexity index is 518. The summed E-state index contributed by atoms with van der Waals surface area (Å²) in [6, 6.07) is 6.32. The third kappa shape index (κ3) is 3.21. The van der Waals surface area contributed by atoms with Gasteiger partial charge < -0.3 is 15.0 Å². The largest absolute Gasteiger partial charge is 0.490 e. The van der Waals surface area contributed by atoms with Gasteiger partial charge in [-0.25, -0.2) is 0 Å². The summed E-state index contributed by atoms with van der Waals surface area (Å²) >= 11 is 0. The van der Waals surface area contributed by atoms with Gasteiger partial charge in [-0.1, -0.05) is 12.1 Å². The highest BCUT2D eigenvalue weighted by molar-refractivity contribution is 5.80. The first-order valence-electron chi connectivity index (χ1n) is 7.87. The minimum Gasteiger partial charge on any atom is -0.490 e. The second-order valence-corrected chi connectivity index (χ2v) is 6.27. The van der Waals surface area contributed by atoms with Gasteiger partial charge in [0.25, 0.3) is 0 Å². The van der Waals surface area contributed by atoms with E-state index in [-0.39, 0.29) is 12.0 Å². The lowest BCUT2D eigenvalue weighted by atomic mass is 9.99. The van der Waals surface area contributed by atoms with E-state index in [1.54, 1.807) is 0 Å². The summed E-state index contributed by atoms with van der Waals surface area (Å²) in [7, 11) is 0. The molecule has 0 atom stereocenters. The summed E-state index contributed by atoms with van der Waals surface area (Å²) in [5, 5.41) is 3.16. The summed E-state index contributed by atoms with van der Waals surface area (Å²) in [5.74, 6) is 1.52. The molecule has 0 radical (unpaired) electrons. The number of piperidine rings is 1. The minimum absolute atomic E-state index is 0.210. The molecule has 0 bridgehead atoms. The van der Waals surface area contributed by atoms with Crippen molar-refractivity contribution in [3.63, 3.8) is 0 Å². The van der Waals surface area contributed by atoms with Crippen molar-refractivity contribution in [3.05, 3.63) is 29.3 Å². The summed E-state index contributed by atoms with van der Waals surface area (Å²) in [5.41, 5.74) is 2.40. The van der Waals surface area contributed by atoms with E-state index in [2.05, 4.69) is 37.4 Å². The van der Waals surface area contributed by atoms with Crippen molar-refractivity contribution in [1.29, 1.82) is 0 Å². The van der Waals surface area contributed by atoms with E-state index in [1.165, 1.54) is 11.1 Å². The SMILES string of the molecule is Cc1ccc(C)c(OC2CCN(C(=O)C3CNC3)CC2)c1. The summed E-state index contributed by atoms with van der Waals surface area (Å²) < 4.78 is 6.15. The quantitative estimate of drug-likeness (QED) is 0.923. The van der Waals surface area contributed by atoms with Gasteiger partial charge in [0.2, 0.25) is 5.91 Å². The zero-order valence-corrected chi connectivity index (χ0v) is 12.9. The molecule has 0 spiro atoms. The Labute approximate surface area is 126 Å². The first-order valence-corrected chi connectivity index (χ1v) is 7.87. The fraction of sp³-hybridized carbons (Fsp3) is 0.588. The van der Waals surface area contributed by atoms with E-state index < -0.39 is 0 Å². The summed E-state index contributed by atoms with van der Waals surface area (Å²) in [4.78, 5) is 14.2. The number of benzene rings is 1. The normalized spacial score (nSPS) is 20.2. The van der Waals surface area contributed by atoms with E-state index >= 15 is 0 Å². The molecule has 2 aliphatic heterocycles. The summed E-state index contributed by atoms with van der Waals surface area (Å²) in [6.07, 6.45) is 2.09. The molecule has 2 fully saturated rings. The van der Waals surface area contributed by atoms with Crippen LogP contribution < -0.4 is 10.1 Å². The Morgan fingerprint density at radius 3 is 2.57 bits per heavy atom. The Kier molecular flexibility index (Phi) is 4.15. The smallest absolute Gasteiger partial charge is 0.228 e. The van der Waals surface area contributed by atoms with Crippen molar-refractivity contribution >= 4 is 5.91 Å². The monoisotopic (exact) mass is 288 g/mol. The van der Waals surface area contributed by atoms with Crippen LogP contribution in [0.2, 0.25) is 0 Å². The molecule has 1 aromatic carbocycles. The standard InChI is InChI=1S/C17H24N2O2/c1-12-3-4-13(2)16(9-12)21-15-5-7-19(8-6-15)17(20)14-10-18-11-14/h3-4,9,14-15,18H,5-8,10-11H2,1-2H3. The lowest BCUT2D eigenvalue weighted by molar-refractivity contribution is -0.138. The number of nitrogens with zero attached hydrogens (tertiary/aromatic N) is 1. The van der Waals surface area contributed by atoms with Crippen LogP contribution in [-0.4, -0.2) is 43.1 Å². The molecule has 2 saturated heterocycles. The highest BCUT2D eigenvalue weighted by Gasteiger charge is 2.32. The lowest BCUT2D eigenvalue weighted by Gasteiger charge is -2.37. The third-order valence-electron chi connectivity index (χ3n) is 4.52. The van der Waals surface area contributed by atoms with Crippen LogP contribution in [0.4, 0.5) is 0 Å². The van der Waals surface area contributed by atoms with Crippen LogP contribution in [-0.2, 0) is 4.79 Å². The maximum atomic E-state index is 12.2. The number of aryl methyl sites for hydroxylation is 2. The first kappa shape index (κ1) is 14.4. The molecule has 2 heterocycles. The Balaban J connectivity index is 1.53. The van der Waals surface area contributed by atoms with Crippen molar-refractivity contribution in [2.24, 2.45) is 5.92 Å². The molecule has 4 nitrogen and oxygen atoms in total. The fourth-order valence-electron chi connectivity index (χ4n) is 2.93. The van der Waals surface area contributed by atoms with Crippen LogP contribution in [0.1, 0.15) is 24.0 Å². The molecular formula is C17H24N2O2. The molecule has 0 aliphatic carbocycles. The predicted molar refractivity (Wildman–Crippen MR) is 82.5 cm³/mol. The molecule has 0 aromatic heterocycles. The van der Waals surface area contributed by atoms with Gasteiger partial charge in [-0.3, -0.25) is 4.79 Å². The average Bonchev–Trinajstić information content (AvgIpc) is 2.42. The van der Waals surface area contributed by atoms with Crippen LogP contribution in [0.25, 0.3) is 0 Å². The molecule has 3 rings (SSSR count). The molecule has 1 amide bonds. The Morgan fingerprint density at radius 1 is 1.24 bits per heavy atom. The number of hydrogen-bond acceptors (Lipinski definition) is 3. The van der Waals surface area contributed by atoms with E-state index in [9.17, 15) is 4.79 Å². The van der Waals surface area contributed by atoms with Gasteiger partial charge in [-0.2, -0.15) is 0 Å². The number of nitrogens with one attached hydrogen (secondary N) is 1. The van der Waals surface area contributed by atoms with E-state index in [4.69, 9.17) is 4.74 Å². The molecule has 0 saturated carbocycles. The number of amides is 1. The zero-order chi connectivity index (χ0) is 14.8. The van der Waals surface area contributed by atoms with Crippen LogP contribution >= 0.6 is 0 Å². The highest BCUT2D eigenvalue weighted by Crippen LogP contribution is 2.24. The maximum absolute atomic E-state index is 12.2. The number of rotatable bonds is 3. The number of likely N-dealkylation sites (tertiary alicyclic amines) is 1. The molecule has 1 N–H and O–H groups in total. The van der Waals surface area contributed by atoms with Crippen molar-refractivity contribution in [1.82, 2.24) is 10.2 Å². The second-order valence-electron chi connectivity index (χ2n) is 6.27. The molecule has 114 valence electrons. The second kappa shape index (κ2) is 6.06.